The molecule has 1 heterocycles. The van der Waals surface area contributed by atoms with Gasteiger partial charge >= 0.3 is 0 Å². The average Bonchev–Trinajstić information content (AvgIpc) is 2.69. The number of non-ortho nitro benzene ring substituents is 1. The van der Waals surface area contributed by atoms with Crippen LogP contribution >= 0.6 is 0 Å². The topological polar surface area (TPSA) is 110 Å². The van der Waals surface area contributed by atoms with Crippen molar-refractivity contribution in [3.8, 4) is 0 Å². The highest BCUT2D eigenvalue weighted by molar-refractivity contribution is 7.89. The fourth-order valence-electron chi connectivity index (χ4n) is 3.02. The Morgan fingerprint density at radius 3 is 2.18 bits per heavy atom. The van der Waals surface area contributed by atoms with Crippen molar-refractivity contribution in [2.75, 3.05) is 18.4 Å². The van der Waals surface area contributed by atoms with Crippen molar-refractivity contribution in [3.05, 3.63) is 64.2 Å². The van der Waals surface area contributed by atoms with E-state index in [1.165, 1.54) is 52.8 Å². The smallest absolute Gasteiger partial charge is 0.269 e. The Morgan fingerprint density at radius 1 is 1.07 bits per heavy atom. The third kappa shape index (κ3) is 4.37. The van der Waals surface area contributed by atoms with Gasteiger partial charge < -0.3 is 5.32 Å². The predicted molar refractivity (Wildman–Crippen MR) is 105 cm³/mol. The molecule has 1 fully saturated rings. The van der Waals surface area contributed by atoms with E-state index in [0.29, 0.717) is 24.7 Å². The SMILES string of the molecule is CC1CCN(S(=O)(=O)c2ccc(NC(=O)c3ccc([N+](=O)[O-])cc3)cc2)CC1. The Morgan fingerprint density at radius 2 is 1.64 bits per heavy atom. The fourth-order valence-corrected chi connectivity index (χ4v) is 4.49. The molecule has 2 aromatic carbocycles. The van der Waals surface area contributed by atoms with Crippen LogP contribution in [0.5, 0.6) is 0 Å². The maximum absolute atomic E-state index is 12.7. The van der Waals surface area contributed by atoms with Crippen molar-refractivity contribution < 1.29 is 18.1 Å². The number of nitro benzene ring substituents is 1. The summed E-state index contributed by atoms with van der Waals surface area (Å²) in [5.74, 6) is 0.0963. The van der Waals surface area contributed by atoms with Crippen molar-refractivity contribution in [2.24, 2.45) is 5.92 Å². The summed E-state index contributed by atoms with van der Waals surface area (Å²) in [6.07, 6.45) is 1.70. The van der Waals surface area contributed by atoms with E-state index in [1.54, 1.807) is 0 Å². The molecular formula is C19H21N3O5S. The molecule has 0 aromatic heterocycles. The van der Waals surface area contributed by atoms with Crippen LogP contribution in [0.3, 0.4) is 0 Å². The standard InChI is InChI=1S/C19H21N3O5S/c1-14-10-12-21(13-11-14)28(26,27)18-8-4-16(5-9-18)20-19(23)15-2-6-17(7-3-15)22(24)25/h2-9,14H,10-13H2,1H3,(H,20,23). The lowest BCUT2D eigenvalue weighted by Crippen LogP contribution is -2.37. The third-order valence-electron chi connectivity index (χ3n) is 4.83. The number of sulfonamides is 1. The number of nitro groups is 1. The van der Waals surface area contributed by atoms with Crippen LogP contribution in [-0.4, -0.2) is 36.6 Å². The lowest BCUT2D eigenvalue weighted by atomic mass is 10.0. The Bertz CT molecular complexity index is 964. The van der Waals surface area contributed by atoms with Gasteiger partial charge in [-0.15, -0.1) is 0 Å². The highest BCUT2D eigenvalue weighted by Gasteiger charge is 2.27. The molecule has 0 atom stereocenters. The van der Waals surface area contributed by atoms with Crippen molar-refractivity contribution in [1.29, 1.82) is 0 Å². The first-order valence-corrected chi connectivity index (χ1v) is 10.4. The second kappa shape index (κ2) is 8.07. The van der Waals surface area contributed by atoms with Gasteiger partial charge in [0.1, 0.15) is 0 Å². The van der Waals surface area contributed by atoms with E-state index in [0.717, 1.165) is 12.8 Å². The molecule has 0 unspecified atom stereocenters. The number of benzene rings is 2. The summed E-state index contributed by atoms with van der Waals surface area (Å²) in [6.45, 7) is 3.15. The van der Waals surface area contributed by atoms with Gasteiger partial charge in [0.25, 0.3) is 11.6 Å². The van der Waals surface area contributed by atoms with Crippen molar-refractivity contribution >= 4 is 27.3 Å². The zero-order chi connectivity index (χ0) is 20.3. The minimum atomic E-state index is -3.54. The highest BCUT2D eigenvalue weighted by Crippen LogP contribution is 2.24. The molecule has 1 aliphatic rings. The quantitative estimate of drug-likeness (QED) is 0.609. The summed E-state index contributed by atoms with van der Waals surface area (Å²) in [6, 6.07) is 11.2. The molecule has 2 aromatic rings. The third-order valence-corrected chi connectivity index (χ3v) is 6.75. The molecule has 0 radical (unpaired) electrons. The lowest BCUT2D eigenvalue weighted by molar-refractivity contribution is -0.384. The van der Waals surface area contributed by atoms with Crippen LogP contribution in [0, 0.1) is 16.0 Å². The van der Waals surface area contributed by atoms with Gasteiger partial charge in [-0.25, -0.2) is 8.42 Å². The second-order valence-corrected chi connectivity index (χ2v) is 8.81. The molecule has 1 saturated heterocycles. The molecule has 28 heavy (non-hydrogen) atoms. The zero-order valence-corrected chi connectivity index (χ0v) is 16.2. The number of hydrogen-bond donors (Lipinski definition) is 1. The number of carbonyl (C=O) groups excluding carboxylic acids is 1. The fraction of sp³-hybridized carbons (Fsp3) is 0.316. The first kappa shape index (κ1) is 20.0. The molecular weight excluding hydrogens is 382 g/mol. The van der Waals surface area contributed by atoms with Crippen LogP contribution in [0.25, 0.3) is 0 Å². The van der Waals surface area contributed by atoms with Crippen LogP contribution in [0.4, 0.5) is 11.4 Å². The Balaban J connectivity index is 1.68. The lowest BCUT2D eigenvalue weighted by Gasteiger charge is -2.29. The van der Waals surface area contributed by atoms with Crippen LogP contribution in [0.1, 0.15) is 30.1 Å². The highest BCUT2D eigenvalue weighted by atomic mass is 32.2. The minimum absolute atomic E-state index is 0.0989. The summed E-state index contributed by atoms with van der Waals surface area (Å²) < 4.78 is 26.9. The van der Waals surface area contributed by atoms with Gasteiger partial charge in [-0.3, -0.25) is 14.9 Å². The molecule has 9 heteroatoms. The zero-order valence-electron chi connectivity index (χ0n) is 15.4. The van der Waals surface area contributed by atoms with E-state index in [1.807, 2.05) is 0 Å². The van der Waals surface area contributed by atoms with Crippen molar-refractivity contribution in [1.82, 2.24) is 4.31 Å². The van der Waals surface area contributed by atoms with Crippen molar-refractivity contribution in [3.63, 3.8) is 0 Å². The number of carbonyl (C=O) groups is 1. The summed E-state index contributed by atoms with van der Waals surface area (Å²) >= 11 is 0. The van der Waals surface area contributed by atoms with Gasteiger partial charge in [-0.1, -0.05) is 6.92 Å². The number of nitrogens with zero attached hydrogens (tertiary/aromatic N) is 2. The number of amides is 1. The molecule has 0 aliphatic carbocycles. The van der Waals surface area contributed by atoms with Gasteiger partial charge in [0, 0.05) is 36.5 Å². The molecule has 1 aliphatic heterocycles. The van der Waals surface area contributed by atoms with Gasteiger partial charge in [-0.05, 0) is 55.2 Å². The molecule has 148 valence electrons. The second-order valence-electron chi connectivity index (χ2n) is 6.87. The van der Waals surface area contributed by atoms with Crippen LogP contribution in [0.15, 0.2) is 53.4 Å². The molecule has 1 amide bonds. The van der Waals surface area contributed by atoms with E-state index in [2.05, 4.69) is 12.2 Å². The van der Waals surface area contributed by atoms with E-state index in [9.17, 15) is 23.3 Å². The summed E-state index contributed by atoms with van der Waals surface area (Å²) in [7, 11) is -3.54. The van der Waals surface area contributed by atoms with Gasteiger partial charge in [0.15, 0.2) is 0 Å². The Kier molecular flexibility index (Phi) is 5.76. The van der Waals surface area contributed by atoms with E-state index in [4.69, 9.17) is 0 Å². The maximum atomic E-state index is 12.7. The van der Waals surface area contributed by atoms with Gasteiger partial charge in [0.05, 0.1) is 9.82 Å². The maximum Gasteiger partial charge on any atom is 0.269 e. The predicted octanol–water partition coefficient (Wildman–Crippen LogP) is 3.27. The van der Waals surface area contributed by atoms with Crippen LogP contribution in [0.2, 0.25) is 0 Å². The Hall–Kier alpha value is -2.78. The monoisotopic (exact) mass is 403 g/mol. The average molecular weight is 403 g/mol. The first-order chi connectivity index (χ1) is 13.3. The van der Waals surface area contributed by atoms with E-state index in [-0.39, 0.29) is 16.1 Å². The van der Waals surface area contributed by atoms with Gasteiger partial charge in [0.2, 0.25) is 10.0 Å². The van der Waals surface area contributed by atoms with E-state index < -0.39 is 20.9 Å². The molecule has 0 spiro atoms. The Labute approximate surface area is 163 Å². The molecule has 0 bridgehead atoms. The number of anilines is 1. The summed E-state index contributed by atoms with van der Waals surface area (Å²) in [4.78, 5) is 22.6. The summed E-state index contributed by atoms with van der Waals surface area (Å²) in [5, 5.41) is 13.3. The largest absolute Gasteiger partial charge is 0.322 e. The van der Waals surface area contributed by atoms with Crippen molar-refractivity contribution in [2.45, 2.75) is 24.7 Å². The molecule has 8 nitrogen and oxygen atoms in total. The first-order valence-electron chi connectivity index (χ1n) is 8.93. The number of nitrogens with one attached hydrogen (secondary N) is 1. The number of piperidine rings is 1. The number of rotatable bonds is 5. The molecule has 3 rings (SSSR count). The number of hydrogen-bond acceptors (Lipinski definition) is 5. The van der Waals surface area contributed by atoms with Crippen LogP contribution < -0.4 is 5.32 Å². The van der Waals surface area contributed by atoms with Gasteiger partial charge in [-0.2, -0.15) is 4.31 Å². The van der Waals surface area contributed by atoms with E-state index >= 15 is 0 Å². The normalized spacial score (nSPS) is 15.9. The molecule has 1 N–H and O–H groups in total. The minimum Gasteiger partial charge on any atom is -0.322 e. The van der Waals surface area contributed by atoms with Crippen LogP contribution in [-0.2, 0) is 10.0 Å². The molecule has 0 saturated carbocycles. The summed E-state index contributed by atoms with van der Waals surface area (Å²) in [5.41, 5.74) is 0.609.